The molecule has 0 aliphatic carbocycles. The van der Waals surface area contributed by atoms with Gasteiger partial charge in [0.2, 0.25) is 17.7 Å². The molecule has 1 aliphatic rings. The van der Waals surface area contributed by atoms with Crippen molar-refractivity contribution in [1.82, 2.24) is 25.5 Å². The number of aromatic nitrogens is 2. The number of carbonyl (C=O) groups excluding carboxylic acids is 3. The summed E-state index contributed by atoms with van der Waals surface area (Å²) in [6.45, 7) is 7.70. The van der Waals surface area contributed by atoms with E-state index in [0.29, 0.717) is 47.5 Å². The molecule has 1 fully saturated rings. The third-order valence-corrected chi connectivity index (χ3v) is 7.70. The average Bonchev–Trinajstić information content (AvgIpc) is 3.46. The van der Waals surface area contributed by atoms with Crippen molar-refractivity contribution in [2.75, 3.05) is 31.3 Å². The van der Waals surface area contributed by atoms with Gasteiger partial charge in [-0.15, -0.1) is 12.4 Å². The maximum absolute atomic E-state index is 14.5. The number of nitrogens with zero attached hydrogens (tertiary/aromatic N) is 3. The van der Waals surface area contributed by atoms with Crippen LogP contribution < -0.4 is 26.0 Å². The third-order valence-electron chi connectivity index (χ3n) is 7.46. The van der Waals surface area contributed by atoms with E-state index in [1.54, 1.807) is 32.2 Å². The summed E-state index contributed by atoms with van der Waals surface area (Å²) in [7, 11) is 3.13. The van der Waals surface area contributed by atoms with E-state index in [0.717, 1.165) is 0 Å². The molecule has 3 amide bonds. The molecule has 2 aromatic carbocycles. The highest BCUT2D eigenvalue weighted by Gasteiger charge is 2.42. The van der Waals surface area contributed by atoms with Crippen LogP contribution in [0.4, 0.5) is 21.6 Å². The van der Waals surface area contributed by atoms with Crippen molar-refractivity contribution in [2.24, 2.45) is 5.41 Å². The maximum Gasteiger partial charge on any atom is 0.247 e. The van der Waals surface area contributed by atoms with Crippen LogP contribution in [0.1, 0.15) is 40.5 Å². The van der Waals surface area contributed by atoms with Gasteiger partial charge in [-0.05, 0) is 56.5 Å². The van der Waals surface area contributed by atoms with Crippen molar-refractivity contribution in [1.29, 1.82) is 0 Å². The average molecular weight is 651 g/mol. The molecule has 4 rings (SSSR count). The Labute approximate surface area is 267 Å². The Balaban J connectivity index is 0.00000529. The Hall–Kier alpha value is -3.74. The van der Waals surface area contributed by atoms with Crippen LogP contribution in [-0.2, 0) is 14.4 Å². The van der Waals surface area contributed by atoms with E-state index in [1.807, 2.05) is 20.8 Å². The van der Waals surface area contributed by atoms with E-state index in [4.69, 9.17) is 16.3 Å². The van der Waals surface area contributed by atoms with Gasteiger partial charge in [0, 0.05) is 23.0 Å². The second-order valence-electron chi connectivity index (χ2n) is 11.5. The molecule has 0 saturated carbocycles. The molecule has 1 saturated heterocycles. The molecule has 0 bridgehead atoms. The number of methoxy groups -OCH3 is 1. The highest BCUT2D eigenvalue weighted by atomic mass is 35.5. The Morgan fingerprint density at radius 2 is 1.86 bits per heavy atom. The molecule has 4 N–H and O–H groups in total. The Morgan fingerprint density at radius 1 is 1.14 bits per heavy atom. The van der Waals surface area contributed by atoms with Crippen LogP contribution in [0.5, 0.6) is 5.75 Å². The number of benzene rings is 2. The lowest BCUT2D eigenvalue weighted by Crippen LogP contribution is -2.59. The molecule has 0 radical (unpaired) electrons. The zero-order valence-corrected chi connectivity index (χ0v) is 27.0. The van der Waals surface area contributed by atoms with E-state index in [2.05, 4.69) is 31.2 Å². The number of likely N-dealkylation sites (tertiary alicyclic amines) is 1. The second-order valence-corrected chi connectivity index (χ2v) is 12.0. The minimum absolute atomic E-state index is 0. The van der Waals surface area contributed by atoms with Crippen molar-refractivity contribution >= 4 is 69.8 Å². The van der Waals surface area contributed by atoms with Gasteiger partial charge in [0.1, 0.15) is 35.8 Å². The first-order valence-corrected chi connectivity index (χ1v) is 14.4. The highest BCUT2D eigenvalue weighted by molar-refractivity contribution is 6.30. The summed E-state index contributed by atoms with van der Waals surface area (Å²) in [5.41, 5.74) is 0.393. The van der Waals surface area contributed by atoms with Crippen molar-refractivity contribution < 1.29 is 23.5 Å². The number of halogens is 3. The van der Waals surface area contributed by atoms with Gasteiger partial charge in [-0.1, -0.05) is 32.4 Å². The van der Waals surface area contributed by atoms with Crippen molar-refractivity contribution in [2.45, 2.75) is 58.7 Å². The Kier molecular flexibility index (Phi) is 11.3. The number of carbonyl (C=O) groups is 3. The SMILES string of the molecule is CN[C@@H](C)C(=O)N[C@H](C(=O)N1CCC[C@H]1C(=O)Nc1cc2c(Nc3ccc(Cl)cc3F)ncnc2cc1OC)C(C)(C)C.Cl. The minimum atomic E-state index is -0.835. The summed E-state index contributed by atoms with van der Waals surface area (Å²) >= 11 is 5.89. The number of fused-ring (bicyclic) bond motifs is 1. The lowest BCUT2D eigenvalue weighted by molar-refractivity contribution is -0.143. The predicted octanol–water partition coefficient (Wildman–Crippen LogP) is 4.66. The van der Waals surface area contributed by atoms with Crippen LogP contribution in [0, 0.1) is 11.2 Å². The first-order valence-electron chi connectivity index (χ1n) is 14.0. The molecule has 238 valence electrons. The highest BCUT2D eigenvalue weighted by Crippen LogP contribution is 2.35. The van der Waals surface area contributed by atoms with Crippen LogP contribution in [0.15, 0.2) is 36.7 Å². The number of ether oxygens (including phenoxy) is 1. The molecule has 0 spiro atoms. The number of nitrogens with one attached hydrogen (secondary N) is 4. The predicted molar refractivity (Wildman–Crippen MR) is 171 cm³/mol. The van der Waals surface area contributed by atoms with Crippen LogP contribution in [-0.4, -0.2) is 71.4 Å². The number of rotatable bonds is 9. The second kappa shape index (κ2) is 14.4. The molecular formula is C30H38Cl2FN7O4. The normalized spacial score (nSPS) is 16.1. The molecule has 0 unspecified atom stereocenters. The van der Waals surface area contributed by atoms with Gasteiger partial charge in [0.25, 0.3) is 0 Å². The van der Waals surface area contributed by atoms with Gasteiger partial charge in [-0.25, -0.2) is 14.4 Å². The third kappa shape index (κ3) is 7.66. The molecule has 2 heterocycles. The van der Waals surface area contributed by atoms with Crippen molar-refractivity contribution in [3.8, 4) is 5.75 Å². The smallest absolute Gasteiger partial charge is 0.247 e. The molecule has 3 atom stereocenters. The summed E-state index contributed by atoms with van der Waals surface area (Å²) < 4.78 is 20.1. The van der Waals surface area contributed by atoms with Gasteiger partial charge in [-0.2, -0.15) is 0 Å². The number of hydrogen-bond donors (Lipinski definition) is 4. The first-order chi connectivity index (χ1) is 20.3. The van der Waals surface area contributed by atoms with Crippen LogP contribution in [0.2, 0.25) is 5.02 Å². The van der Waals surface area contributed by atoms with Crippen LogP contribution in [0.25, 0.3) is 10.9 Å². The molecule has 3 aromatic rings. The summed E-state index contributed by atoms with van der Waals surface area (Å²) in [4.78, 5) is 50.2. The number of amides is 3. The standard InChI is InChI=1S/C30H37ClFN7O4.ClH/c1-16(33-5)27(40)38-25(30(2,3)4)29(42)39-11-7-8-23(39)28(41)37-22-13-18-21(14-24(22)43-6)34-15-35-26(18)36-20-10-9-17(31)12-19(20)32;/h9-10,12-16,23,25,33H,7-8,11H2,1-6H3,(H,37,41)(H,38,40)(H,34,35,36);1H/t16-,23-,25+;/m0./s1. The largest absolute Gasteiger partial charge is 0.494 e. The number of anilines is 3. The molecule has 11 nitrogen and oxygen atoms in total. The first kappa shape index (κ1) is 34.7. The molecule has 1 aromatic heterocycles. The van der Waals surface area contributed by atoms with Crippen LogP contribution in [0.3, 0.4) is 0 Å². The monoisotopic (exact) mass is 649 g/mol. The van der Waals surface area contributed by atoms with Gasteiger partial charge in [-0.3, -0.25) is 14.4 Å². The van der Waals surface area contributed by atoms with E-state index >= 15 is 0 Å². The van der Waals surface area contributed by atoms with Crippen LogP contribution >= 0.6 is 24.0 Å². The minimum Gasteiger partial charge on any atom is -0.494 e. The van der Waals surface area contributed by atoms with Gasteiger partial charge in [0.05, 0.1) is 30.0 Å². The fourth-order valence-electron chi connectivity index (χ4n) is 4.90. The van der Waals surface area contributed by atoms with Gasteiger partial charge >= 0.3 is 0 Å². The maximum atomic E-state index is 14.5. The summed E-state index contributed by atoms with van der Waals surface area (Å²) in [6, 6.07) is 5.43. The fraction of sp³-hybridized carbons (Fsp3) is 0.433. The quantitative estimate of drug-likeness (QED) is 0.263. The van der Waals surface area contributed by atoms with Crippen molar-refractivity contribution in [3.63, 3.8) is 0 Å². The van der Waals surface area contributed by atoms with E-state index in [-0.39, 0.29) is 34.9 Å². The zero-order chi connectivity index (χ0) is 31.5. The summed E-state index contributed by atoms with van der Waals surface area (Å²) in [5.74, 6) is -0.931. The lowest BCUT2D eigenvalue weighted by atomic mass is 9.85. The summed E-state index contributed by atoms with van der Waals surface area (Å²) in [6.07, 6.45) is 2.42. The molecule has 44 heavy (non-hydrogen) atoms. The number of hydrogen-bond acceptors (Lipinski definition) is 8. The molecular weight excluding hydrogens is 612 g/mol. The Bertz CT molecular complexity index is 1540. The lowest BCUT2D eigenvalue weighted by Gasteiger charge is -2.36. The van der Waals surface area contributed by atoms with E-state index in [9.17, 15) is 18.8 Å². The number of likely N-dealkylation sites (N-methyl/N-ethyl adjacent to an activating group) is 1. The topological polar surface area (TPSA) is 138 Å². The van der Waals surface area contributed by atoms with Crippen molar-refractivity contribution in [3.05, 3.63) is 47.5 Å². The van der Waals surface area contributed by atoms with E-state index in [1.165, 1.54) is 30.5 Å². The van der Waals surface area contributed by atoms with E-state index < -0.39 is 35.3 Å². The Morgan fingerprint density at radius 3 is 2.50 bits per heavy atom. The molecule has 14 heteroatoms. The summed E-state index contributed by atoms with van der Waals surface area (Å²) in [5, 5.41) is 12.4. The fourth-order valence-corrected chi connectivity index (χ4v) is 5.06. The molecule has 1 aliphatic heterocycles. The zero-order valence-electron chi connectivity index (χ0n) is 25.5. The van der Waals surface area contributed by atoms with Gasteiger partial charge < -0.3 is 30.9 Å². The van der Waals surface area contributed by atoms with Gasteiger partial charge in [0.15, 0.2) is 0 Å².